The van der Waals surface area contributed by atoms with Crippen LogP contribution >= 0.6 is 70.9 Å². The summed E-state index contributed by atoms with van der Waals surface area (Å²) in [5, 5.41) is 2.47. The van der Waals surface area contributed by atoms with E-state index in [1.165, 1.54) is 45.5 Å². The maximum Gasteiger partial charge on any atom is 0.263 e. The van der Waals surface area contributed by atoms with Gasteiger partial charge in [0.05, 0.1) is 16.6 Å². The Balaban J connectivity index is 1.75. The number of hydrogen-bond acceptors (Lipinski definition) is 5. The molecule has 0 fully saturated rings. The fraction of sp³-hybridized carbons (Fsp3) is 0.227. The lowest BCUT2D eigenvalue weighted by molar-refractivity contribution is -0.646. The number of hydrogen-bond donors (Lipinski definition) is 2. The van der Waals surface area contributed by atoms with Crippen molar-refractivity contribution in [2.75, 3.05) is 10.8 Å². The Morgan fingerprint density at radius 3 is 2.76 bits per heavy atom. The largest absolute Gasteiger partial charge is 0.325 e. The van der Waals surface area contributed by atoms with Gasteiger partial charge in [0.25, 0.3) is 5.01 Å². The lowest BCUT2D eigenvalue weighted by Crippen LogP contribution is -2.32. The van der Waals surface area contributed by atoms with Crippen LogP contribution in [-0.2, 0) is 5.88 Å². The molecule has 2 heterocycles. The van der Waals surface area contributed by atoms with Crippen molar-refractivity contribution in [3.8, 4) is 0 Å². The van der Waals surface area contributed by atoms with Crippen LogP contribution < -0.4 is 9.47 Å². The maximum absolute atomic E-state index is 4.60. The van der Waals surface area contributed by atoms with Crippen LogP contribution in [0.15, 0.2) is 58.0 Å². The standard InChI is InChI=1S/C22H21IN2S4/c1-3-15(9-21-24(12-26)17-8-14(2)4-6-19(17)28-21)10-22-25(13-27)18-11-16(23)5-7-20(18)29-22/h4-11H,3,12-13H2,1-2H3,(H-,26,27)/p+1. The lowest BCUT2D eigenvalue weighted by atomic mass is 10.2. The highest BCUT2D eigenvalue weighted by Crippen LogP contribution is 2.47. The Morgan fingerprint density at radius 1 is 1.21 bits per heavy atom. The Bertz CT molecular complexity index is 1130. The molecule has 1 aromatic heterocycles. The van der Waals surface area contributed by atoms with Gasteiger partial charge in [-0.2, -0.15) is 17.2 Å². The number of rotatable bonds is 5. The summed E-state index contributed by atoms with van der Waals surface area (Å²) >= 11 is 15.2. The van der Waals surface area contributed by atoms with Crippen LogP contribution in [0.2, 0.25) is 0 Å². The summed E-state index contributed by atoms with van der Waals surface area (Å²) in [4.78, 5) is 3.59. The second-order valence-corrected chi connectivity index (χ2v) is 10.8. The van der Waals surface area contributed by atoms with Gasteiger partial charge in [0, 0.05) is 20.6 Å². The number of benzene rings is 2. The summed E-state index contributed by atoms with van der Waals surface area (Å²) in [6.45, 7) is 4.35. The van der Waals surface area contributed by atoms with Crippen LogP contribution in [0, 0.1) is 10.5 Å². The van der Waals surface area contributed by atoms with Gasteiger partial charge in [-0.05, 0) is 77.4 Å². The summed E-state index contributed by atoms with van der Waals surface area (Å²) in [6, 6.07) is 13.2. The van der Waals surface area contributed by atoms with Crippen LogP contribution in [0.1, 0.15) is 23.9 Å². The number of halogens is 1. The van der Waals surface area contributed by atoms with Crippen molar-refractivity contribution >= 4 is 92.9 Å². The highest BCUT2D eigenvalue weighted by Gasteiger charge is 2.25. The fourth-order valence-electron chi connectivity index (χ4n) is 3.35. The predicted molar refractivity (Wildman–Crippen MR) is 143 cm³/mol. The van der Waals surface area contributed by atoms with Gasteiger partial charge in [-0.1, -0.05) is 36.1 Å². The van der Waals surface area contributed by atoms with Gasteiger partial charge in [0.1, 0.15) is 4.70 Å². The van der Waals surface area contributed by atoms with Crippen LogP contribution in [0.5, 0.6) is 0 Å². The SMILES string of the molecule is CCC(=Cc1sc2ccc(I)cc2[n+]1CS)C=C1Sc2ccc(C)cc2N1CS. The molecule has 2 nitrogen and oxygen atoms in total. The summed E-state index contributed by atoms with van der Waals surface area (Å²) < 4.78 is 4.83. The van der Waals surface area contributed by atoms with Crippen molar-refractivity contribution in [2.24, 2.45) is 0 Å². The van der Waals surface area contributed by atoms with E-state index in [2.05, 4.69) is 120 Å². The van der Waals surface area contributed by atoms with Crippen molar-refractivity contribution in [3.05, 3.63) is 67.2 Å². The molecule has 0 saturated heterocycles. The minimum atomic E-state index is 0.668. The first-order valence-corrected chi connectivity index (χ1v) is 13.3. The number of fused-ring (bicyclic) bond motifs is 2. The van der Waals surface area contributed by atoms with Crippen molar-refractivity contribution in [2.45, 2.75) is 31.0 Å². The number of aryl methyl sites for hydroxylation is 1. The number of aromatic nitrogens is 1. The molecule has 0 atom stereocenters. The zero-order valence-electron chi connectivity index (χ0n) is 16.2. The lowest BCUT2D eigenvalue weighted by Gasteiger charge is -2.18. The molecule has 2 aromatic carbocycles. The van der Waals surface area contributed by atoms with E-state index in [1.807, 2.05) is 23.1 Å². The first-order valence-electron chi connectivity index (χ1n) is 9.36. The molecule has 0 bridgehead atoms. The van der Waals surface area contributed by atoms with Crippen molar-refractivity contribution in [1.82, 2.24) is 0 Å². The molecule has 29 heavy (non-hydrogen) atoms. The minimum absolute atomic E-state index is 0.668. The zero-order valence-corrected chi connectivity index (χ0v) is 21.8. The molecule has 3 aromatic rings. The topological polar surface area (TPSA) is 7.12 Å². The van der Waals surface area contributed by atoms with Crippen molar-refractivity contribution in [3.63, 3.8) is 0 Å². The number of thiazole rings is 1. The van der Waals surface area contributed by atoms with Crippen LogP contribution in [0.25, 0.3) is 16.3 Å². The van der Waals surface area contributed by atoms with E-state index in [0.717, 1.165) is 6.42 Å². The Morgan fingerprint density at radius 2 is 2.03 bits per heavy atom. The smallest absolute Gasteiger partial charge is 0.263 e. The second kappa shape index (κ2) is 9.26. The molecule has 1 aliphatic heterocycles. The maximum atomic E-state index is 4.60. The predicted octanol–water partition coefficient (Wildman–Crippen LogP) is 7.12. The molecule has 0 aliphatic carbocycles. The molecule has 0 unspecified atom stereocenters. The Hall–Kier alpha value is -0.610. The van der Waals surface area contributed by atoms with Gasteiger partial charge in [0.15, 0.2) is 5.88 Å². The van der Waals surface area contributed by atoms with Gasteiger partial charge >= 0.3 is 0 Å². The quantitative estimate of drug-likeness (QED) is 0.192. The second-order valence-electron chi connectivity index (χ2n) is 6.82. The van der Waals surface area contributed by atoms with E-state index in [9.17, 15) is 0 Å². The number of thiol groups is 2. The summed E-state index contributed by atoms with van der Waals surface area (Å²) in [7, 11) is 0. The number of anilines is 1. The van der Waals surface area contributed by atoms with Crippen molar-refractivity contribution < 1.29 is 4.57 Å². The molecule has 0 saturated carbocycles. The monoisotopic (exact) mass is 569 g/mol. The average Bonchev–Trinajstić information content (AvgIpc) is 3.23. The zero-order chi connectivity index (χ0) is 20.5. The molecule has 0 spiro atoms. The van der Waals surface area contributed by atoms with E-state index < -0.39 is 0 Å². The van der Waals surface area contributed by atoms with Crippen LogP contribution in [-0.4, -0.2) is 5.88 Å². The molecular formula is C22H22IN2S4+. The number of thioether (sulfide) groups is 1. The first kappa shape index (κ1) is 21.6. The summed E-state index contributed by atoms with van der Waals surface area (Å²) in [5.74, 6) is 1.34. The van der Waals surface area contributed by atoms with Crippen LogP contribution in [0.4, 0.5) is 5.69 Å². The molecule has 0 N–H and O–H groups in total. The average molecular weight is 570 g/mol. The van der Waals surface area contributed by atoms with Gasteiger partial charge in [-0.25, -0.2) is 0 Å². The van der Waals surface area contributed by atoms with E-state index in [-0.39, 0.29) is 0 Å². The highest BCUT2D eigenvalue weighted by molar-refractivity contribution is 14.1. The van der Waals surface area contributed by atoms with Gasteiger partial charge in [0.2, 0.25) is 5.52 Å². The minimum Gasteiger partial charge on any atom is -0.325 e. The third-order valence-electron chi connectivity index (χ3n) is 4.89. The van der Waals surface area contributed by atoms with E-state index >= 15 is 0 Å². The normalized spacial score (nSPS) is 15.6. The van der Waals surface area contributed by atoms with E-state index in [0.29, 0.717) is 11.8 Å². The number of nitrogens with zero attached hydrogens (tertiary/aromatic N) is 2. The first-order chi connectivity index (χ1) is 14.0. The Kier molecular flexibility index (Phi) is 6.90. The molecule has 150 valence electrons. The van der Waals surface area contributed by atoms with Gasteiger partial charge in [-0.3, -0.25) is 0 Å². The Labute approximate surface area is 205 Å². The molecular weight excluding hydrogens is 547 g/mol. The van der Waals surface area contributed by atoms with Crippen molar-refractivity contribution in [1.29, 1.82) is 0 Å². The molecule has 4 rings (SSSR count). The third kappa shape index (κ3) is 4.39. The van der Waals surface area contributed by atoms with E-state index in [1.54, 1.807) is 0 Å². The molecule has 0 amide bonds. The molecule has 7 heteroatoms. The summed E-state index contributed by atoms with van der Waals surface area (Å²) in [6.07, 6.45) is 5.59. The van der Waals surface area contributed by atoms with Gasteiger partial charge in [-0.15, -0.1) is 12.6 Å². The molecule has 1 aliphatic rings. The van der Waals surface area contributed by atoms with Crippen LogP contribution in [0.3, 0.4) is 0 Å². The fourth-order valence-corrected chi connectivity index (χ4v) is 6.87. The van der Waals surface area contributed by atoms with Gasteiger partial charge < -0.3 is 4.90 Å². The number of allylic oxidation sites excluding steroid dienone is 2. The highest BCUT2D eigenvalue weighted by atomic mass is 127. The third-order valence-corrected chi connectivity index (χ3v) is 8.35. The molecule has 0 radical (unpaired) electrons. The van der Waals surface area contributed by atoms with E-state index in [4.69, 9.17) is 0 Å². The summed E-state index contributed by atoms with van der Waals surface area (Å²) in [5.41, 5.74) is 5.09.